The second-order valence-corrected chi connectivity index (χ2v) is 6.06. The van der Waals surface area contributed by atoms with Crippen LogP contribution in [0.3, 0.4) is 0 Å². The average Bonchev–Trinajstić information content (AvgIpc) is 2.60. The van der Waals surface area contributed by atoms with E-state index in [1.165, 1.54) is 0 Å². The number of hydrogen-bond acceptors (Lipinski definition) is 7. The van der Waals surface area contributed by atoms with Crippen LogP contribution >= 0.6 is 11.6 Å². The second kappa shape index (κ2) is 7.43. The highest BCUT2D eigenvalue weighted by atomic mass is 35.5. The van der Waals surface area contributed by atoms with Gasteiger partial charge in [-0.2, -0.15) is 9.97 Å². The van der Waals surface area contributed by atoms with Crippen LogP contribution in [0.15, 0.2) is 30.3 Å². The summed E-state index contributed by atoms with van der Waals surface area (Å²) in [6.07, 6.45) is 0. The highest BCUT2D eigenvalue weighted by molar-refractivity contribution is 6.30. The van der Waals surface area contributed by atoms with E-state index in [2.05, 4.69) is 9.97 Å². The molecule has 1 aliphatic heterocycles. The van der Waals surface area contributed by atoms with Gasteiger partial charge < -0.3 is 26.0 Å². The zero-order chi connectivity index (χ0) is 17.8. The Morgan fingerprint density at radius 1 is 1.12 bits per heavy atom. The van der Waals surface area contributed by atoms with Crippen molar-refractivity contribution in [1.29, 1.82) is 0 Å². The molecular formula is C16H19ClN6O2. The van der Waals surface area contributed by atoms with Gasteiger partial charge in [0.15, 0.2) is 6.61 Å². The lowest BCUT2D eigenvalue weighted by Gasteiger charge is -2.35. The number of carbonyl (C=O) groups is 1. The van der Waals surface area contributed by atoms with Gasteiger partial charge in [0, 0.05) is 37.3 Å². The minimum Gasteiger partial charge on any atom is -0.484 e. The van der Waals surface area contributed by atoms with Gasteiger partial charge in [0.25, 0.3) is 5.91 Å². The van der Waals surface area contributed by atoms with E-state index in [1.54, 1.807) is 35.2 Å². The highest BCUT2D eigenvalue weighted by Gasteiger charge is 2.22. The topological polar surface area (TPSA) is 111 Å². The van der Waals surface area contributed by atoms with Crippen LogP contribution in [0.1, 0.15) is 0 Å². The van der Waals surface area contributed by atoms with Gasteiger partial charge in [-0.1, -0.05) is 11.6 Å². The molecule has 1 amide bonds. The summed E-state index contributed by atoms with van der Waals surface area (Å²) in [5, 5.41) is 0.626. The summed E-state index contributed by atoms with van der Waals surface area (Å²) in [6, 6.07) is 8.59. The lowest BCUT2D eigenvalue weighted by atomic mass is 10.3. The van der Waals surface area contributed by atoms with Crippen LogP contribution in [-0.2, 0) is 4.79 Å². The number of rotatable bonds is 4. The number of piperazine rings is 1. The van der Waals surface area contributed by atoms with Crippen molar-refractivity contribution in [2.75, 3.05) is 49.2 Å². The fourth-order valence-corrected chi connectivity index (χ4v) is 2.71. The lowest BCUT2D eigenvalue weighted by Crippen LogP contribution is -2.50. The van der Waals surface area contributed by atoms with Crippen molar-refractivity contribution in [2.24, 2.45) is 0 Å². The number of anilines is 3. The number of hydrogen-bond donors (Lipinski definition) is 2. The summed E-state index contributed by atoms with van der Waals surface area (Å²) < 4.78 is 5.50. The van der Waals surface area contributed by atoms with Gasteiger partial charge in [0.2, 0.25) is 5.95 Å². The van der Waals surface area contributed by atoms with Crippen LogP contribution in [0, 0.1) is 0 Å². The molecule has 0 spiro atoms. The summed E-state index contributed by atoms with van der Waals surface area (Å²) >= 11 is 5.82. The van der Waals surface area contributed by atoms with Crippen LogP contribution in [-0.4, -0.2) is 53.6 Å². The van der Waals surface area contributed by atoms with Crippen molar-refractivity contribution in [1.82, 2.24) is 14.9 Å². The Kier molecular flexibility index (Phi) is 5.08. The largest absolute Gasteiger partial charge is 0.484 e. The van der Waals surface area contributed by atoms with Gasteiger partial charge in [-0.3, -0.25) is 4.79 Å². The van der Waals surface area contributed by atoms with Crippen LogP contribution in [0.25, 0.3) is 0 Å². The number of nitrogens with two attached hydrogens (primary N) is 2. The summed E-state index contributed by atoms with van der Waals surface area (Å²) in [7, 11) is 0. The van der Waals surface area contributed by atoms with Crippen LogP contribution < -0.4 is 21.1 Å². The van der Waals surface area contributed by atoms with E-state index in [0.29, 0.717) is 48.6 Å². The van der Waals surface area contributed by atoms with E-state index in [9.17, 15) is 4.79 Å². The molecule has 1 aromatic carbocycles. The first-order valence-electron chi connectivity index (χ1n) is 7.82. The van der Waals surface area contributed by atoms with Gasteiger partial charge in [-0.15, -0.1) is 0 Å². The van der Waals surface area contributed by atoms with Gasteiger partial charge >= 0.3 is 0 Å². The molecule has 9 heteroatoms. The molecule has 0 aliphatic carbocycles. The average molecular weight is 363 g/mol. The predicted octanol–water partition coefficient (Wildman–Crippen LogP) is 1.02. The number of halogens is 1. The van der Waals surface area contributed by atoms with E-state index in [4.69, 9.17) is 27.8 Å². The molecule has 0 bridgehead atoms. The Morgan fingerprint density at radius 3 is 2.44 bits per heavy atom. The molecule has 1 fully saturated rings. The summed E-state index contributed by atoms with van der Waals surface area (Å²) in [4.78, 5) is 24.1. The second-order valence-electron chi connectivity index (χ2n) is 5.62. The maximum absolute atomic E-state index is 12.3. The Morgan fingerprint density at radius 2 is 1.80 bits per heavy atom. The Labute approximate surface area is 150 Å². The molecule has 8 nitrogen and oxygen atoms in total. The zero-order valence-corrected chi connectivity index (χ0v) is 14.3. The molecule has 2 heterocycles. The fraction of sp³-hybridized carbons (Fsp3) is 0.312. The molecule has 2 aromatic rings. The van der Waals surface area contributed by atoms with Crippen molar-refractivity contribution in [3.63, 3.8) is 0 Å². The molecule has 0 atom stereocenters. The minimum atomic E-state index is -0.0590. The van der Waals surface area contributed by atoms with E-state index >= 15 is 0 Å². The van der Waals surface area contributed by atoms with E-state index < -0.39 is 0 Å². The Balaban J connectivity index is 1.51. The van der Waals surface area contributed by atoms with Crippen molar-refractivity contribution < 1.29 is 9.53 Å². The fourth-order valence-electron chi connectivity index (χ4n) is 2.59. The Hall–Kier alpha value is -2.74. The number of amides is 1. The molecule has 0 unspecified atom stereocenters. The molecule has 1 aromatic heterocycles. The maximum Gasteiger partial charge on any atom is 0.260 e. The van der Waals surface area contributed by atoms with Gasteiger partial charge in [0.1, 0.15) is 17.4 Å². The number of nitrogen functional groups attached to an aromatic ring is 2. The number of nitrogens with zero attached hydrogens (tertiary/aromatic N) is 4. The maximum atomic E-state index is 12.3. The predicted molar refractivity (Wildman–Crippen MR) is 96.6 cm³/mol. The molecule has 4 N–H and O–H groups in total. The third-order valence-electron chi connectivity index (χ3n) is 3.88. The highest BCUT2D eigenvalue weighted by Crippen LogP contribution is 2.18. The SMILES string of the molecule is Nc1cc(N2CCN(C(=O)COc3ccc(Cl)cc3)CC2)nc(N)n1. The smallest absolute Gasteiger partial charge is 0.260 e. The van der Waals surface area contributed by atoms with Crippen LogP contribution in [0.4, 0.5) is 17.6 Å². The van der Waals surface area contributed by atoms with Gasteiger partial charge in [-0.05, 0) is 24.3 Å². The molecule has 132 valence electrons. The molecule has 3 rings (SSSR count). The normalized spacial score (nSPS) is 14.4. The molecule has 0 saturated carbocycles. The monoisotopic (exact) mass is 362 g/mol. The molecule has 1 aliphatic rings. The summed E-state index contributed by atoms with van der Waals surface area (Å²) in [5.74, 6) is 1.70. The first kappa shape index (κ1) is 17.1. The van der Waals surface area contributed by atoms with Crippen molar-refractivity contribution in [3.8, 4) is 5.75 Å². The molecule has 0 radical (unpaired) electrons. The minimum absolute atomic E-state index is 0.00492. The lowest BCUT2D eigenvalue weighted by molar-refractivity contribution is -0.133. The van der Waals surface area contributed by atoms with Crippen LogP contribution in [0.5, 0.6) is 5.75 Å². The van der Waals surface area contributed by atoms with Crippen LogP contribution in [0.2, 0.25) is 5.02 Å². The van der Waals surface area contributed by atoms with Crippen molar-refractivity contribution in [3.05, 3.63) is 35.4 Å². The van der Waals surface area contributed by atoms with Crippen molar-refractivity contribution >= 4 is 35.1 Å². The molecule has 1 saturated heterocycles. The van der Waals surface area contributed by atoms with E-state index in [0.717, 1.165) is 0 Å². The number of aromatic nitrogens is 2. The van der Waals surface area contributed by atoms with Gasteiger partial charge in [0.05, 0.1) is 0 Å². The number of carbonyl (C=O) groups excluding carboxylic acids is 1. The van der Waals surface area contributed by atoms with Crippen molar-refractivity contribution in [2.45, 2.75) is 0 Å². The van der Waals surface area contributed by atoms with Gasteiger partial charge in [-0.25, -0.2) is 0 Å². The standard InChI is InChI=1S/C16H19ClN6O2/c17-11-1-3-12(4-2-11)25-10-15(24)23-7-5-22(6-8-23)14-9-13(18)20-16(19)21-14/h1-4,9H,5-8,10H2,(H4,18,19,20,21). The third-order valence-corrected chi connectivity index (χ3v) is 4.13. The quantitative estimate of drug-likeness (QED) is 0.835. The summed E-state index contributed by atoms with van der Waals surface area (Å²) in [6.45, 7) is 2.43. The first-order chi connectivity index (χ1) is 12.0. The molecular weight excluding hydrogens is 344 g/mol. The van der Waals surface area contributed by atoms with E-state index in [1.807, 2.05) is 4.90 Å². The molecule has 25 heavy (non-hydrogen) atoms. The summed E-state index contributed by atoms with van der Waals surface area (Å²) in [5.41, 5.74) is 11.3. The number of benzene rings is 1. The number of ether oxygens (including phenoxy) is 1. The van der Waals surface area contributed by atoms with E-state index in [-0.39, 0.29) is 18.5 Å². The Bertz CT molecular complexity index is 727. The third kappa shape index (κ3) is 4.42. The first-order valence-corrected chi connectivity index (χ1v) is 8.20. The zero-order valence-electron chi connectivity index (χ0n) is 13.6.